The van der Waals surface area contributed by atoms with Crippen LogP contribution in [0.3, 0.4) is 0 Å². The van der Waals surface area contributed by atoms with Crippen LogP contribution in [0, 0.1) is 24.7 Å². The number of carbonyl (C=O) groups is 1. The summed E-state index contributed by atoms with van der Waals surface area (Å²) in [7, 11) is 0. The number of ether oxygens (including phenoxy) is 1. The van der Waals surface area contributed by atoms with Crippen molar-refractivity contribution in [3.8, 4) is 5.75 Å². The van der Waals surface area contributed by atoms with Gasteiger partial charge in [0, 0.05) is 6.54 Å². The minimum Gasteiger partial charge on any atom is -0.481 e. The molecule has 0 fully saturated rings. The lowest BCUT2D eigenvalue weighted by Gasteiger charge is -2.25. The van der Waals surface area contributed by atoms with Gasteiger partial charge in [-0.05, 0) is 43.7 Å². The van der Waals surface area contributed by atoms with E-state index in [-0.39, 0.29) is 5.91 Å². The molecule has 1 rings (SSSR count). The standard InChI is InChI=1S/C18H29NO2/c1-12(2)17(13(3)4)11-19-18(20)15(6)21-16-9-7-14(5)8-10-16/h7-10,12-13,15,17H,11H2,1-6H3,(H,19,20). The van der Waals surface area contributed by atoms with Crippen molar-refractivity contribution in [2.45, 2.75) is 47.6 Å². The Morgan fingerprint density at radius 3 is 2.05 bits per heavy atom. The number of rotatable bonds is 7. The molecule has 0 aliphatic heterocycles. The Labute approximate surface area is 129 Å². The van der Waals surface area contributed by atoms with E-state index in [0.29, 0.717) is 24.3 Å². The second kappa shape index (κ2) is 8.06. The van der Waals surface area contributed by atoms with Gasteiger partial charge in [-0.3, -0.25) is 4.79 Å². The van der Waals surface area contributed by atoms with E-state index in [1.807, 2.05) is 31.2 Å². The first-order chi connectivity index (χ1) is 9.81. The van der Waals surface area contributed by atoms with Crippen molar-refractivity contribution in [2.75, 3.05) is 6.54 Å². The summed E-state index contributed by atoms with van der Waals surface area (Å²) < 4.78 is 5.67. The van der Waals surface area contributed by atoms with E-state index in [1.54, 1.807) is 6.92 Å². The smallest absolute Gasteiger partial charge is 0.260 e. The zero-order valence-electron chi connectivity index (χ0n) is 14.1. The first kappa shape index (κ1) is 17.5. The minimum atomic E-state index is -0.479. The molecule has 1 N–H and O–H groups in total. The van der Waals surface area contributed by atoms with Crippen LogP contribution in [0.15, 0.2) is 24.3 Å². The molecule has 0 heterocycles. The first-order valence-corrected chi connectivity index (χ1v) is 7.82. The van der Waals surface area contributed by atoms with Crippen LogP contribution in [0.5, 0.6) is 5.75 Å². The lowest BCUT2D eigenvalue weighted by Crippen LogP contribution is -2.40. The molecule has 0 radical (unpaired) electrons. The molecule has 0 spiro atoms. The monoisotopic (exact) mass is 291 g/mol. The van der Waals surface area contributed by atoms with Gasteiger partial charge in [0.15, 0.2) is 6.10 Å². The van der Waals surface area contributed by atoms with Crippen LogP contribution < -0.4 is 10.1 Å². The Balaban J connectivity index is 2.49. The third-order valence-corrected chi connectivity index (χ3v) is 3.93. The van der Waals surface area contributed by atoms with E-state index in [4.69, 9.17) is 4.74 Å². The molecule has 1 atom stereocenters. The lowest BCUT2D eigenvalue weighted by atomic mass is 9.85. The summed E-state index contributed by atoms with van der Waals surface area (Å²) in [5.41, 5.74) is 1.18. The zero-order chi connectivity index (χ0) is 16.0. The average Bonchev–Trinajstić information content (AvgIpc) is 2.40. The fourth-order valence-corrected chi connectivity index (χ4v) is 2.48. The number of carbonyl (C=O) groups excluding carboxylic acids is 1. The molecule has 1 unspecified atom stereocenters. The van der Waals surface area contributed by atoms with E-state index < -0.39 is 6.10 Å². The number of hydrogen-bond donors (Lipinski definition) is 1. The summed E-state index contributed by atoms with van der Waals surface area (Å²) in [5, 5.41) is 3.01. The first-order valence-electron chi connectivity index (χ1n) is 7.82. The normalized spacial score (nSPS) is 12.8. The van der Waals surface area contributed by atoms with Gasteiger partial charge in [-0.1, -0.05) is 45.4 Å². The number of nitrogens with one attached hydrogen (secondary N) is 1. The van der Waals surface area contributed by atoms with Gasteiger partial charge in [-0.2, -0.15) is 0 Å². The molecule has 1 aromatic rings. The van der Waals surface area contributed by atoms with Crippen molar-refractivity contribution in [3.05, 3.63) is 29.8 Å². The van der Waals surface area contributed by atoms with E-state index in [1.165, 1.54) is 5.56 Å². The van der Waals surface area contributed by atoms with E-state index in [0.717, 1.165) is 5.75 Å². The fourth-order valence-electron chi connectivity index (χ4n) is 2.48. The summed E-state index contributed by atoms with van der Waals surface area (Å²) in [6.45, 7) is 13.3. The second-order valence-corrected chi connectivity index (χ2v) is 6.47. The van der Waals surface area contributed by atoms with Crippen molar-refractivity contribution in [1.82, 2.24) is 5.32 Å². The molecule has 0 bridgehead atoms. The molecule has 3 heteroatoms. The van der Waals surface area contributed by atoms with E-state index >= 15 is 0 Å². The predicted octanol–water partition coefficient (Wildman–Crippen LogP) is 3.81. The summed E-state index contributed by atoms with van der Waals surface area (Å²) in [6, 6.07) is 7.75. The summed E-state index contributed by atoms with van der Waals surface area (Å²) >= 11 is 0. The molecule has 0 aromatic heterocycles. The van der Waals surface area contributed by atoms with E-state index in [2.05, 4.69) is 33.0 Å². The highest BCUT2D eigenvalue weighted by Crippen LogP contribution is 2.19. The van der Waals surface area contributed by atoms with Crippen LogP contribution in [0.1, 0.15) is 40.2 Å². The number of aryl methyl sites for hydroxylation is 1. The highest BCUT2D eigenvalue weighted by molar-refractivity contribution is 5.80. The third kappa shape index (κ3) is 5.78. The molecule has 0 saturated heterocycles. The summed E-state index contributed by atoms with van der Waals surface area (Å²) in [5.74, 6) is 2.27. The second-order valence-electron chi connectivity index (χ2n) is 6.47. The van der Waals surface area contributed by atoms with Gasteiger partial charge in [-0.15, -0.1) is 0 Å². The summed E-state index contributed by atoms with van der Waals surface area (Å²) in [6.07, 6.45) is -0.479. The largest absolute Gasteiger partial charge is 0.481 e. The maximum atomic E-state index is 12.1. The molecule has 3 nitrogen and oxygen atoms in total. The lowest BCUT2D eigenvalue weighted by molar-refractivity contribution is -0.127. The summed E-state index contributed by atoms with van der Waals surface area (Å²) in [4.78, 5) is 12.1. The van der Waals surface area contributed by atoms with Crippen LogP contribution in [0.2, 0.25) is 0 Å². The molecule has 0 aliphatic rings. The van der Waals surface area contributed by atoms with Gasteiger partial charge >= 0.3 is 0 Å². The van der Waals surface area contributed by atoms with Crippen LogP contribution in [0.4, 0.5) is 0 Å². The number of hydrogen-bond acceptors (Lipinski definition) is 2. The Morgan fingerprint density at radius 2 is 1.57 bits per heavy atom. The SMILES string of the molecule is Cc1ccc(OC(C)C(=O)NCC(C(C)C)C(C)C)cc1. The maximum Gasteiger partial charge on any atom is 0.260 e. The Hall–Kier alpha value is -1.51. The molecule has 21 heavy (non-hydrogen) atoms. The van der Waals surface area contributed by atoms with Gasteiger partial charge in [0.1, 0.15) is 5.75 Å². The van der Waals surface area contributed by atoms with Crippen molar-refractivity contribution >= 4 is 5.91 Å². The Bertz CT molecular complexity index is 429. The minimum absolute atomic E-state index is 0.0538. The van der Waals surface area contributed by atoms with Crippen molar-refractivity contribution < 1.29 is 9.53 Å². The molecule has 1 aromatic carbocycles. The zero-order valence-corrected chi connectivity index (χ0v) is 14.1. The number of benzene rings is 1. The third-order valence-electron chi connectivity index (χ3n) is 3.93. The van der Waals surface area contributed by atoms with Crippen LogP contribution in [-0.4, -0.2) is 18.6 Å². The number of amides is 1. The predicted molar refractivity (Wildman–Crippen MR) is 87.4 cm³/mol. The molecule has 0 aliphatic carbocycles. The van der Waals surface area contributed by atoms with Gasteiger partial charge in [0.2, 0.25) is 0 Å². The fraction of sp³-hybridized carbons (Fsp3) is 0.611. The van der Waals surface area contributed by atoms with Crippen LogP contribution in [-0.2, 0) is 4.79 Å². The Morgan fingerprint density at radius 1 is 1.05 bits per heavy atom. The van der Waals surface area contributed by atoms with Crippen molar-refractivity contribution in [3.63, 3.8) is 0 Å². The topological polar surface area (TPSA) is 38.3 Å². The molecular formula is C18H29NO2. The highest BCUT2D eigenvalue weighted by atomic mass is 16.5. The molecule has 118 valence electrons. The highest BCUT2D eigenvalue weighted by Gasteiger charge is 2.20. The van der Waals surface area contributed by atoms with Gasteiger partial charge < -0.3 is 10.1 Å². The quantitative estimate of drug-likeness (QED) is 0.829. The average molecular weight is 291 g/mol. The van der Waals surface area contributed by atoms with Gasteiger partial charge in [0.25, 0.3) is 5.91 Å². The van der Waals surface area contributed by atoms with Crippen LogP contribution >= 0.6 is 0 Å². The van der Waals surface area contributed by atoms with Crippen LogP contribution in [0.25, 0.3) is 0 Å². The molecule has 0 saturated carbocycles. The van der Waals surface area contributed by atoms with Crippen molar-refractivity contribution in [1.29, 1.82) is 0 Å². The maximum absolute atomic E-state index is 12.1. The Kier molecular flexibility index (Phi) is 6.73. The van der Waals surface area contributed by atoms with Gasteiger partial charge in [0.05, 0.1) is 0 Å². The molecular weight excluding hydrogens is 262 g/mol. The molecule has 1 amide bonds. The van der Waals surface area contributed by atoms with Gasteiger partial charge in [-0.25, -0.2) is 0 Å². The van der Waals surface area contributed by atoms with E-state index in [9.17, 15) is 4.79 Å². The van der Waals surface area contributed by atoms with Crippen molar-refractivity contribution in [2.24, 2.45) is 17.8 Å².